The van der Waals surface area contributed by atoms with E-state index in [1.165, 1.54) is 12.1 Å². The molecule has 1 unspecified atom stereocenters. The summed E-state index contributed by atoms with van der Waals surface area (Å²) in [5.41, 5.74) is 2.21. The molecule has 1 heterocycles. The summed E-state index contributed by atoms with van der Waals surface area (Å²) >= 11 is 3.42. The van der Waals surface area contributed by atoms with Crippen LogP contribution in [0.2, 0.25) is 0 Å². The second-order valence-electron chi connectivity index (χ2n) is 5.10. The van der Waals surface area contributed by atoms with E-state index in [0.717, 1.165) is 21.9 Å². The summed E-state index contributed by atoms with van der Waals surface area (Å²) < 4.78 is 20.4. The third kappa shape index (κ3) is 2.59. The number of rotatable bonds is 3. The van der Waals surface area contributed by atoms with Gasteiger partial charge in [-0.3, -0.25) is 0 Å². The van der Waals surface area contributed by atoms with Crippen LogP contribution in [0, 0.1) is 5.82 Å². The van der Waals surface area contributed by atoms with Crippen molar-refractivity contribution in [2.45, 2.75) is 19.3 Å². The van der Waals surface area contributed by atoms with Gasteiger partial charge in [0.2, 0.25) is 0 Å². The lowest BCUT2D eigenvalue weighted by Gasteiger charge is -2.28. The molecule has 1 atom stereocenters. The molecule has 4 heteroatoms. The Morgan fingerprint density at radius 3 is 2.77 bits per heavy atom. The summed E-state index contributed by atoms with van der Waals surface area (Å²) in [6.45, 7) is 1.96. The minimum absolute atomic E-state index is 0.329. The highest BCUT2D eigenvalue weighted by Crippen LogP contribution is 2.44. The average molecular weight is 361 g/mol. The molecule has 0 saturated heterocycles. The van der Waals surface area contributed by atoms with Crippen LogP contribution < -0.4 is 4.74 Å². The number of fused-ring (bicyclic) bond motifs is 1. The van der Waals surface area contributed by atoms with Gasteiger partial charge in [0.15, 0.2) is 0 Å². The van der Waals surface area contributed by atoms with Crippen LogP contribution in [0.25, 0.3) is 5.57 Å². The first-order valence-corrected chi connectivity index (χ1v) is 7.85. The van der Waals surface area contributed by atoms with Crippen LogP contribution in [-0.4, -0.2) is 6.29 Å². The van der Waals surface area contributed by atoms with Crippen molar-refractivity contribution < 1.29 is 13.9 Å². The number of halogens is 2. The number of hydrogen-bond acceptors (Lipinski definition) is 2. The number of hydrogen-bond donors (Lipinski definition) is 0. The molecule has 22 heavy (non-hydrogen) atoms. The second kappa shape index (κ2) is 6.05. The highest BCUT2D eigenvalue weighted by molar-refractivity contribution is 9.10. The third-order valence-electron chi connectivity index (χ3n) is 3.74. The van der Waals surface area contributed by atoms with Crippen LogP contribution in [0.15, 0.2) is 52.7 Å². The van der Waals surface area contributed by atoms with E-state index in [1.807, 2.05) is 25.1 Å². The number of carbonyl (C=O) groups excluding carboxylic acids is 1. The van der Waals surface area contributed by atoms with Gasteiger partial charge < -0.3 is 9.53 Å². The predicted molar refractivity (Wildman–Crippen MR) is 87.2 cm³/mol. The molecule has 0 radical (unpaired) electrons. The van der Waals surface area contributed by atoms with Gasteiger partial charge in [-0.1, -0.05) is 35.0 Å². The van der Waals surface area contributed by atoms with Gasteiger partial charge in [-0.05, 0) is 35.9 Å². The van der Waals surface area contributed by atoms with Crippen molar-refractivity contribution in [3.8, 4) is 5.75 Å². The minimum Gasteiger partial charge on any atom is -0.461 e. The number of ether oxygens (including phenoxy) is 1. The lowest BCUT2D eigenvalue weighted by molar-refractivity contribution is -0.108. The van der Waals surface area contributed by atoms with E-state index < -0.39 is 5.92 Å². The maximum absolute atomic E-state index is 13.6. The van der Waals surface area contributed by atoms with Crippen molar-refractivity contribution in [2.75, 3.05) is 0 Å². The molecule has 2 nitrogen and oxygen atoms in total. The van der Waals surface area contributed by atoms with E-state index in [2.05, 4.69) is 15.9 Å². The molecule has 3 rings (SSSR count). The first-order chi connectivity index (χ1) is 10.6. The summed E-state index contributed by atoms with van der Waals surface area (Å²) in [5.74, 6) is 0.595. The number of allylic oxidation sites excluding steroid dienone is 2. The summed E-state index contributed by atoms with van der Waals surface area (Å²) in [5, 5.41) is 0. The zero-order valence-corrected chi connectivity index (χ0v) is 13.6. The van der Waals surface area contributed by atoms with Crippen LogP contribution in [0.5, 0.6) is 5.75 Å². The third-order valence-corrected chi connectivity index (χ3v) is 4.24. The van der Waals surface area contributed by atoms with Gasteiger partial charge in [0.1, 0.15) is 23.6 Å². The smallest absolute Gasteiger partial charge is 0.132 e. The molecule has 112 valence electrons. The SMILES string of the molecule is CCC1=C(c2cccc(F)c2)C(C=O)c2cc(Br)ccc2O1. The van der Waals surface area contributed by atoms with Gasteiger partial charge in [0.05, 0.1) is 5.92 Å². The molecule has 2 aromatic carbocycles. The van der Waals surface area contributed by atoms with Crippen molar-refractivity contribution in [3.63, 3.8) is 0 Å². The lowest BCUT2D eigenvalue weighted by atomic mass is 9.84. The number of aldehydes is 1. The summed E-state index contributed by atoms with van der Waals surface area (Å²) in [6.07, 6.45) is 1.52. The Bertz CT molecular complexity index is 767. The summed E-state index contributed by atoms with van der Waals surface area (Å²) in [6, 6.07) is 11.9. The molecule has 0 aromatic heterocycles. The zero-order valence-electron chi connectivity index (χ0n) is 12.0. The van der Waals surface area contributed by atoms with Crippen LogP contribution >= 0.6 is 15.9 Å². The van der Waals surface area contributed by atoms with E-state index in [0.29, 0.717) is 23.5 Å². The van der Waals surface area contributed by atoms with Crippen LogP contribution in [-0.2, 0) is 4.79 Å². The Labute approximate surface area is 136 Å². The lowest BCUT2D eigenvalue weighted by Crippen LogP contribution is -2.16. The van der Waals surface area contributed by atoms with E-state index in [-0.39, 0.29) is 5.82 Å². The first kappa shape index (κ1) is 15.0. The molecule has 0 aliphatic carbocycles. The van der Waals surface area contributed by atoms with E-state index in [1.54, 1.807) is 12.1 Å². The maximum atomic E-state index is 13.6. The van der Waals surface area contributed by atoms with Gasteiger partial charge in [-0.15, -0.1) is 0 Å². The molecule has 0 saturated carbocycles. The van der Waals surface area contributed by atoms with Crippen molar-refractivity contribution in [3.05, 3.63) is 69.6 Å². The predicted octanol–water partition coefficient (Wildman–Crippen LogP) is 5.08. The zero-order chi connectivity index (χ0) is 15.7. The van der Waals surface area contributed by atoms with E-state index >= 15 is 0 Å². The molecular formula is C18H14BrFO2. The molecule has 0 fully saturated rings. The molecule has 2 aromatic rings. The number of carbonyl (C=O) groups is 1. The Morgan fingerprint density at radius 2 is 2.09 bits per heavy atom. The van der Waals surface area contributed by atoms with Gasteiger partial charge in [0.25, 0.3) is 0 Å². The fourth-order valence-corrected chi connectivity index (χ4v) is 3.15. The molecule has 0 N–H and O–H groups in total. The molecular weight excluding hydrogens is 347 g/mol. The van der Waals surface area contributed by atoms with Gasteiger partial charge in [0, 0.05) is 22.0 Å². The molecule has 0 bridgehead atoms. The highest BCUT2D eigenvalue weighted by Gasteiger charge is 2.30. The Hall–Kier alpha value is -1.94. The first-order valence-electron chi connectivity index (χ1n) is 7.05. The fourth-order valence-electron chi connectivity index (χ4n) is 2.77. The van der Waals surface area contributed by atoms with Gasteiger partial charge >= 0.3 is 0 Å². The Kier molecular flexibility index (Phi) is 4.12. The number of benzene rings is 2. The average Bonchev–Trinajstić information content (AvgIpc) is 2.53. The summed E-state index contributed by atoms with van der Waals surface area (Å²) in [4.78, 5) is 11.8. The topological polar surface area (TPSA) is 26.3 Å². The second-order valence-corrected chi connectivity index (χ2v) is 6.01. The largest absolute Gasteiger partial charge is 0.461 e. The highest BCUT2D eigenvalue weighted by atomic mass is 79.9. The standard InChI is InChI=1S/C18H14BrFO2/c1-2-16-18(11-4-3-5-13(20)8-11)15(10-21)14-9-12(19)6-7-17(14)22-16/h3-10,15H,2H2,1H3. The van der Waals surface area contributed by atoms with E-state index in [4.69, 9.17) is 4.74 Å². The van der Waals surface area contributed by atoms with Crippen molar-refractivity contribution >= 4 is 27.8 Å². The van der Waals surface area contributed by atoms with E-state index in [9.17, 15) is 9.18 Å². The molecule has 0 amide bonds. The normalized spacial score (nSPS) is 17.0. The quantitative estimate of drug-likeness (QED) is 0.713. The van der Waals surface area contributed by atoms with Crippen LogP contribution in [0.4, 0.5) is 4.39 Å². The Balaban J connectivity index is 2.21. The van der Waals surface area contributed by atoms with Crippen molar-refractivity contribution in [1.82, 2.24) is 0 Å². The van der Waals surface area contributed by atoms with Crippen LogP contribution in [0.3, 0.4) is 0 Å². The van der Waals surface area contributed by atoms with Crippen molar-refractivity contribution in [2.24, 2.45) is 0 Å². The Morgan fingerprint density at radius 1 is 1.27 bits per heavy atom. The minimum atomic E-state index is -0.460. The van der Waals surface area contributed by atoms with Crippen LogP contribution in [0.1, 0.15) is 30.4 Å². The molecule has 1 aliphatic rings. The van der Waals surface area contributed by atoms with Gasteiger partial charge in [-0.25, -0.2) is 4.39 Å². The fraction of sp³-hybridized carbons (Fsp3) is 0.167. The van der Waals surface area contributed by atoms with Gasteiger partial charge in [-0.2, -0.15) is 0 Å². The maximum Gasteiger partial charge on any atom is 0.132 e. The molecule has 1 aliphatic heterocycles. The molecule has 0 spiro atoms. The monoisotopic (exact) mass is 360 g/mol. The summed E-state index contributed by atoms with van der Waals surface area (Å²) in [7, 11) is 0. The van der Waals surface area contributed by atoms with Crippen molar-refractivity contribution in [1.29, 1.82) is 0 Å².